The van der Waals surface area contributed by atoms with Crippen molar-refractivity contribution in [2.75, 3.05) is 31.1 Å². The minimum Gasteiger partial charge on any atom is -0.341 e. The molecule has 0 spiro atoms. The number of carbonyl (C=O) groups excluding carboxylic acids is 2. The Kier molecular flexibility index (Phi) is 5.45. The summed E-state index contributed by atoms with van der Waals surface area (Å²) in [6, 6.07) is 14.1. The first-order valence-electron chi connectivity index (χ1n) is 11.3. The average molecular weight is 417 g/mol. The Labute approximate surface area is 182 Å². The fraction of sp³-hybridized carbons (Fsp3) is 0.400. The van der Waals surface area contributed by atoms with Gasteiger partial charge in [0.05, 0.1) is 11.0 Å². The van der Waals surface area contributed by atoms with Gasteiger partial charge in [-0.2, -0.15) is 0 Å². The van der Waals surface area contributed by atoms with Gasteiger partial charge in [0.15, 0.2) is 5.78 Å². The van der Waals surface area contributed by atoms with Gasteiger partial charge in [0.2, 0.25) is 11.9 Å². The number of aromatic nitrogens is 2. The average Bonchev–Trinajstić information content (AvgIpc) is 3.37. The minimum absolute atomic E-state index is 0.0703. The Morgan fingerprint density at radius 2 is 1.77 bits per heavy atom. The summed E-state index contributed by atoms with van der Waals surface area (Å²) in [6.07, 6.45) is 4.79. The van der Waals surface area contributed by atoms with Gasteiger partial charge >= 0.3 is 0 Å². The number of imidazole rings is 1. The molecule has 1 amide bonds. The molecule has 1 aromatic heterocycles. The van der Waals surface area contributed by atoms with Gasteiger partial charge in [0.1, 0.15) is 0 Å². The van der Waals surface area contributed by atoms with Crippen molar-refractivity contribution >= 4 is 28.7 Å². The molecule has 0 saturated carbocycles. The van der Waals surface area contributed by atoms with Crippen LogP contribution in [0.1, 0.15) is 47.2 Å². The van der Waals surface area contributed by atoms with Gasteiger partial charge in [-0.25, -0.2) is 4.98 Å². The second-order valence-corrected chi connectivity index (χ2v) is 8.56. The number of carbonyl (C=O) groups is 2. The van der Waals surface area contributed by atoms with Gasteiger partial charge in [0, 0.05) is 44.6 Å². The molecule has 2 aliphatic rings. The summed E-state index contributed by atoms with van der Waals surface area (Å²) in [5.74, 6) is 1.00. The number of anilines is 1. The molecule has 3 aromatic rings. The van der Waals surface area contributed by atoms with E-state index in [-0.39, 0.29) is 24.5 Å². The number of H-pyrrole nitrogens is 1. The summed E-state index contributed by atoms with van der Waals surface area (Å²) in [4.78, 5) is 37.6. The number of nitrogens with one attached hydrogen (secondary N) is 1. The van der Waals surface area contributed by atoms with Crippen LogP contribution in [-0.4, -0.2) is 52.7 Å². The van der Waals surface area contributed by atoms with Crippen LogP contribution in [0.4, 0.5) is 5.95 Å². The molecule has 31 heavy (non-hydrogen) atoms. The third-order valence-corrected chi connectivity index (χ3v) is 6.51. The van der Waals surface area contributed by atoms with Crippen molar-refractivity contribution in [1.82, 2.24) is 14.9 Å². The van der Waals surface area contributed by atoms with E-state index < -0.39 is 0 Å². The van der Waals surface area contributed by atoms with E-state index in [1.165, 1.54) is 17.5 Å². The molecule has 6 heteroatoms. The van der Waals surface area contributed by atoms with Crippen LogP contribution >= 0.6 is 0 Å². The van der Waals surface area contributed by atoms with E-state index in [4.69, 9.17) is 0 Å². The number of para-hydroxylation sites is 2. The van der Waals surface area contributed by atoms with Crippen LogP contribution < -0.4 is 4.90 Å². The molecule has 5 rings (SSSR count). The number of rotatable bonds is 5. The maximum Gasteiger partial charge on any atom is 0.223 e. The van der Waals surface area contributed by atoms with E-state index in [2.05, 4.69) is 20.9 Å². The monoisotopic (exact) mass is 416 g/mol. The van der Waals surface area contributed by atoms with Crippen molar-refractivity contribution in [3.63, 3.8) is 0 Å². The molecule has 1 saturated heterocycles. The van der Waals surface area contributed by atoms with Gasteiger partial charge in [-0.15, -0.1) is 0 Å². The van der Waals surface area contributed by atoms with Crippen LogP contribution in [-0.2, 0) is 17.6 Å². The number of benzene rings is 2. The zero-order valence-corrected chi connectivity index (χ0v) is 17.8. The number of ketones is 1. The van der Waals surface area contributed by atoms with E-state index in [0.717, 1.165) is 61.4 Å². The number of hydrogen-bond donors (Lipinski definition) is 1. The van der Waals surface area contributed by atoms with Gasteiger partial charge in [-0.05, 0) is 55.0 Å². The second-order valence-electron chi connectivity index (χ2n) is 8.56. The van der Waals surface area contributed by atoms with Gasteiger partial charge < -0.3 is 14.8 Å². The molecule has 0 atom stereocenters. The van der Waals surface area contributed by atoms with Gasteiger partial charge in [0.25, 0.3) is 0 Å². The lowest BCUT2D eigenvalue weighted by atomic mass is 10.0. The molecular formula is C25H28N4O2. The Morgan fingerprint density at radius 1 is 0.903 bits per heavy atom. The van der Waals surface area contributed by atoms with Crippen molar-refractivity contribution in [3.8, 4) is 0 Å². The fourth-order valence-corrected chi connectivity index (χ4v) is 4.74. The van der Waals surface area contributed by atoms with Gasteiger partial charge in [-0.1, -0.05) is 24.3 Å². The molecule has 2 heterocycles. The fourth-order valence-electron chi connectivity index (χ4n) is 4.74. The molecular weight excluding hydrogens is 388 g/mol. The van der Waals surface area contributed by atoms with Crippen molar-refractivity contribution in [2.45, 2.75) is 38.5 Å². The van der Waals surface area contributed by atoms with Crippen LogP contribution in [0.3, 0.4) is 0 Å². The molecule has 2 aromatic carbocycles. The number of amides is 1. The number of nitrogens with zero attached hydrogens (tertiary/aromatic N) is 3. The maximum absolute atomic E-state index is 12.8. The predicted octanol–water partition coefficient (Wildman–Crippen LogP) is 3.75. The third kappa shape index (κ3) is 4.20. The largest absolute Gasteiger partial charge is 0.341 e. The summed E-state index contributed by atoms with van der Waals surface area (Å²) in [5.41, 5.74) is 5.40. The Bertz CT molecular complexity index is 1090. The van der Waals surface area contributed by atoms with Crippen molar-refractivity contribution in [1.29, 1.82) is 0 Å². The van der Waals surface area contributed by atoms with Crippen LogP contribution in [0.2, 0.25) is 0 Å². The lowest BCUT2D eigenvalue weighted by molar-refractivity contribution is -0.130. The molecule has 160 valence electrons. The number of Topliss-reactive ketones (excluding diaryl/α,β-unsaturated/α-hetero) is 1. The molecule has 1 N–H and O–H groups in total. The first-order valence-corrected chi connectivity index (χ1v) is 11.3. The third-order valence-electron chi connectivity index (χ3n) is 6.51. The van der Waals surface area contributed by atoms with Crippen molar-refractivity contribution in [2.24, 2.45) is 0 Å². The van der Waals surface area contributed by atoms with E-state index in [1.807, 2.05) is 41.3 Å². The Hall–Kier alpha value is -3.15. The molecule has 1 aliphatic heterocycles. The second kappa shape index (κ2) is 8.53. The quantitative estimate of drug-likeness (QED) is 0.643. The number of hydrogen-bond acceptors (Lipinski definition) is 4. The highest BCUT2D eigenvalue weighted by molar-refractivity contribution is 5.98. The molecule has 6 nitrogen and oxygen atoms in total. The first-order chi connectivity index (χ1) is 15.2. The number of fused-ring (bicyclic) bond motifs is 2. The highest BCUT2D eigenvalue weighted by atomic mass is 16.2. The predicted molar refractivity (Wildman–Crippen MR) is 122 cm³/mol. The number of aromatic amines is 1. The summed E-state index contributed by atoms with van der Waals surface area (Å²) >= 11 is 0. The highest BCUT2D eigenvalue weighted by Gasteiger charge is 2.22. The van der Waals surface area contributed by atoms with Crippen molar-refractivity contribution in [3.05, 3.63) is 59.2 Å². The molecule has 0 radical (unpaired) electrons. The van der Waals surface area contributed by atoms with Gasteiger partial charge in [-0.3, -0.25) is 9.59 Å². The summed E-state index contributed by atoms with van der Waals surface area (Å²) in [7, 11) is 0. The first kappa shape index (κ1) is 19.8. The minimum atomic E-state index is 0.0703. The van der Waals surface area contributed by atoms with Crippen LogP contribution in [0.15, 0.2) is 42.5 Å². The summed E-state index contributed by atoms with van der Waals surface area (Å²) in [5, 5.41) is 0. The lowest BCUT2D eigenvalue weighted by Gasteiger charge is -2.21. The summed E-state index contributed by atoms with van der Waals surface area (Å²) in [6.45, 7) is 2.98. The van der Waals surface area contributed by atoms with Crippen molar-refractivity contribution < 1.29 is 9.59 Å². The maximum atomic E-state index is 12.8. The van der Waals surface area contributed by atoms with E-state index >= 15 is 0 Å². The topological polar surface area (TPSA) is 69.3 Å². The zero-order chi connectivity index (χ0) is 21.2. The molecule has 1 fully saturated rings. The Balaban J connectivity index is 1.16. The molecule has 1 aliphatic carbocycles. The lowest BCUT2D eigenvalue weighted by Crippen LogP contribution is -2.35. The standard InChI is InChI=1S/C25H28N4O2/c30-23(20-10-9-18-5-3-6-19(18)17-20)11-12-24(31)28-13-4-14-29(16-15-28)25-26-21-7-1-2-8-22(21)27-25/h1-2,7-10,17H,3-6,11-16H2,(H,26,27). The highest BCUT2D eigenvalue weighted by Crippen LogP contribution is 2.24. The Morgan fingerprint density at radius 3 is 2.68 bits per heavy atom. The van der Waals surface area contributed by atoms with Crippen LogP contribution in [0.5, 0.6) is 0 Å². The smallest absolute Gasteiger partial charge is 0.223 e. The number of aryl methyl sites for hydroxylation is 2. The zero-order valence-electron chi connectivity index (χ0n) is 17.8. The normalized spacial score (nSPS) is 16.4. The molecule has 0 bridgehead atoms. The van der Waals surface area contributed by atoms with Crippen LogP contribution in [0.25, 0.3) is 11.0 Å². The van der Waals surface area contributed by atoms with Crippen LogP contribution in [0, 0.1) is 0 Å². The SMILES string of the molecule is O=C(CCC(=O)N1CCCN(c2nc3ccccc3[nH]2)CC1)c1ccc2c(c1)CCC2. The van der Waals surface area contributed by atoms with E-state index in [9.17, 15) is 9.59 Å². The molecule has 0 unspecified atom stereocenters. The van der Waals surface area contributed by atoms with E-state index in [1.54, 1.807) is 0 Å². The van der Waals surface area contributed by atoms with E-state index in [0.29, 0.717) is 6.54 Å². The summed E-state index contributed by atoms with van der Waals surface area (Å²) < 4.78 is 0.